The molecule has 0 saturated heterocycles. The Morgan fingerprint density at radius 2 is 1.47 bits per heavy atom. The molecule has 0 aliphatic carbocycles. The molecule has 6 heteroatoms. The zero-order valence-corrected chi connectivity index (χ0v) is 11.6. The predicted octanol–water partition coefficient (Wildman–Crippen LogP) is 4.09. The summed E-state index contributed by atoms with van der Waals surface area (Å²) >= 11 is 5.02. The van der Waals surface area contributed by atoms with Crippen molar-refractivity contribution >= 4 is 41.1 Å². The first-order valence-electron chi connectivity index (χ1n) is 5.42. The standard InChI is InChI=1S/C13H12N4S.ClH/c18-13(16-14-11-7-3-1-4-8-11)17-15-12-9-5-2-6-10-12;/h1-10,14H,(H,16,18);1H. The number of para-hydroxylation sites is 1. The zero-order chi connectivity index (χ0) is 12.6. The molecule has 2 aromatic rings. The van der Waals surface area contributed by atoms with E-state index in [1.54, 1.807) is 0 Å². The second kappa shape index (κ2) is 8.18. The van der Waals surface area contributed by atoms with Crippen LogP contribution in [0.3, 0.4) is 0 Å². The van der Waals surface area contributed by atoms with E-state index in [4.69, 9.17) is 12.2 Å². The smallest absolute Gasteiger partial charge is 0.232 e. The minimum absolute atomic E-state index is 0. The minimum atomic E-state index is 0. The average Bonchev–Trinajstić information content (AvgIpc) is 2.45. The van der Waals surface area contributed by atoms with Crippen LogP contribution >= 0.6 is 24.6 Å². The van der Waals surface area contributed by atoms with Crippen molar-refractivity contribution in [1.29, 1.82) is 0 Å². The highest BCUT2D eigenvalue weighted by molar-refractivity contribution is 7.80. The van der Waals surface area contributed by atoms with Crippen molar-refractivity contribution in [3.8, 4) is 0 Å². The summed E-state index contributed by atoms with van der Waals surface area (Å²) in [6, 6.07) is 19.1. The zero-order valence-electron chi connectivity index (χ0n) is 9.98. The van der Waals surface area contributed by atoms with Crippen LogP contribution < -0.4 is 10.9 Å². The lowest BCUT2D eigenvalue weighted by molar-refractivity contribution is 1.10. The van der Waals surface area contributed by atoms with Crippen molar-refractivity contribution < 1.29 is 0 Å². The van der Waals surface area contributed by atoms with Crippen LogP contribution in [0.2, 0.25) is 0 Å². The molecule has 0 heterocycles. The van der Waals surface area contributed by atoms with E-state index in [0.717, 1.165) is 11.4 Å². The molecule has 0 aliphatic heterocycles. The summed E-state index contributed by atoms with van der Waals surface area (Å²) in [6.07, 6.45) is 0. The van der Waals surface area contributed by atoms with Gasteiger partial charge in [-0.05, 0) is 36.5 Å². The van der Waals surface area contributed by atoms with E-state index in [0.29, 0.717) is 0 Å². The number of rotatable bonds is 3. The maximum atomic E-state index is 5.02. The fraction of sp³-hybridized carbons (Fsp3) is 0. The van der Waals surface area contributed by atoms with Crippen LogP contribution in [0.5, 0.6) is 0 Å². The Morgan fingerprint density at radius 3 is 2.11 bits per heavy atom. The van der Waals surface area contributed by atoms with E-state index in [1.165, 1.54) is 0 Å². The molecule has 0 aromatic heterocycles. The summed E-state index contributed by atoms with van der Waals surface area (Å²) in [5.41, 5.74) is 7.40. The largest absolute Gasteiger partial charge is 0.299 e. The first-order chi connectivity index (χ1) is 8.84. The molecule has 2 aromatic carbocycles. The van der Waals surface area contributed by atoms with Gasteiger partial charge in [-0.15, -0.1) is 22.6 Å². The van der Waals surface area contributed by atoms with Gasteiger partial charge in [0.1, 0.15) is 0 Å². The molecule has 0 radical (unpaired) electrons. The van der Waals surface area contributed by atoms with E-state index < -0.39 is 0 Å². The molecular weight excluding hydrogens is 280 g/mol. The summed E-state index contributed by atoms with van der Waals surface area (Å²) in [5, 5.41) is 8.17. The normalized spacial score (nSPS) is 9.68. The van der Waals surface area contributed by atoms with E-state index in [2.05, 4.69) is 21.1 Å². The van der Waals surface area contributed by atoms with Crippen LogP contribution in [0.1, 0.15) is 0 Å². The summed E-state index contributed by atoms with van der Waals surface area (Å²) in [5.74, 6) is 0. The van der Waals surface area contributed by atoms with Gasteiger partial charge in [0.05, 0.1) is 11.4 Å². The molecule has 0 fully saturated rings. The molecule has 2 N–H and O–H groups in total. The van der Waals surface area contributed by atoms with Gasteiger partial charge in [0.15, 0.2) is 0 Å². The number of hydrazine groups is 1. The van der Waals surface area contributed by atoms with Crippen molar-refractivity contribution in [2.75, 3.05) is 5.43 Å². The summed E-state index contributed by atoms with van der Waals surface area (Å²) in [6.45, 7) is 0. The van der Waals surface area contributed by atoms with Gasteiger partial charge in [-0.25, -0.2) is 0 Å². The van der Waals surface area contributed by atoms with Crippen LogP contribution in [0.15, 0.2) is 70.9 Å². The predicted molar refractivity (Wildman–Crippen MR) is 84.0 cm³/mol. The molecule has 0 spiro atoms. The fourth-order valence-corrected chi connectivity index (χ4v) is 1.36. The first kappa shape index (κ1) is 15.1. The van der Waals surface area contributed by atoms with Crippen molar-refractivity contribution in [3.05, 3.63) is 60.7 Å². The van der Waals surface area contributed by atoms with Gasteiger partial charge in [-0.1, -0.05) is 36.4 Å². The van der Waals surface area contributed by atoms with Gasteiger partial charge >= 0.3 is 0 Å². The van der Waals surface area contributed by atoms with E-state index in [9.17, 15) is 0 Å². The van der Waals surface area contributed by atoms with Crippen molar-refractivity contribution in [2.24, 2.45) is 10.2 Å². The third-order valence-electron chi connectivity index (χ3n) is 2.10. The molecule has 0 aliphatic rings. The van der Waals surface area contributed by atoms with Gasteiger partial charge < -0.3 is 0 Å². The molecule has 0 unspecified atom stereocenters. The minimum Gasteiger partial charge on any atom is -0.299 e. The average molecular weight is 293 g/mol. The Balaban J connectivity index is 0.00000180. The summed E-state index contributed by atoms with van der Waals surface area (Å²) < 4.78 is 0. The van der Waals surface area contributed by atoms with E-state index in [-0.39, 0.29) is 17.5 Å². The Labute approximate surface area is 123 Å². The molecule has 19 heavy (non-hydrogen) atoms. The van der Waals surface area contributed by atoms with Crippen LogP contribution in [0.4, 0.5) is 11.4 Å². The van der Waals surface area contributed by atoms with Crippen molar-refractivity contribution in [2.45, 2.75) is 0 Å². The topological polar surface area (TPSA) is 48.8 Å². The van der Waals surface area contributed by atoms with Gasteiger partial charge in [0, 0.05) is 0 Å². The summed E-state index contributed by atoms with van der Waals surface area (Å²) in [4.78, 5) is 0. The number of azo groups is 1. The number of nitrogens with one attached hydrogen (secondary N) is 2. The highest BCUT2D eigenvalue weighted by Crippen LogP contribution is 2.10. The Hall–Kier alpha value is -1.98. The monoisotopic (exact) mass is 292 g/mol. The third-order valence-corrected chi connectivity index (χ3v) is 2.28. The lowest BCUT2D eigenvalue weighted by Gasteiger charge is -2.06. The first-order valence-corrected chi connectivity index (χ1v) is 5.83. The molecule has 0 bridgehead atoms. The highest BCUT2D eigenvalue weighted by Gasteiger charge is 1.93. The van der Waals surface area contributed by atoms with Crippen LogP contribution in [-0.2, 0) is 0 Å². The number of anilines is 1. The number of hydrogen-bond acceptors (Lipinski definition) is 3. The van der Waals surface area contributed by atoms with Gasteiger partial charge in [0.2, 0.25) is 5.11 Å². The Kier molecular flexibility index (Phi) is 6.49. The number of halogens is 1. The maximum absolute atomic E-state index is 5.02. The molecule has 4 nitrogen and oxygen atoms in total. The van der Waals surface area contributed by atoms with Crippen LogP contribution in [0.25, 0.3) is 0 Å². The van der Waals surface area contributed by atoms with Gasteiger partial charge in [-0.3, -0.25) is 10.9 Å². The number of nitrogens with zero attached hydrogens (tertiary/aromatic N) is 2. The fourth-order valence-electron chi connectivity index (χ4n) is 1.27. The van der Waals surface area contributed by atoms with Crippen molar-refractivity contribution in [3.63, 3.8) is 0 Å². The highest BCUT2D eigenvalue weighted by atomic mass is 35.5. The quantitative estimate of drug-likeness (QED) is 0.509. The Morgan fingerprint density at radius 1 is 0.895 bits per heavy atom. The Bertz CT molecular complexity index is 531. The second-order valence-corrected chi connectivity index (χ2v) is 3.84. The number of benzene rings is 2. The van der Waals surface area contributed by atoms with E-state index >= 15 is 0 Å². The van der Waals surface area contributed by atoms with Gasteiger partial charge in [-0.2, -0.15) is 0 Å². The summed E-state index contributed by atoms with van der Waals surface area (Å²) in [7, 11) is 0. The number of thiocarbonyl (C=S) groups is 1. The molecule has 0 amide bonds. The van der Waals surface area contributed by atoms with Crippen molar-refractivity contribution in [1.82, 2.24) is 5.43 Å². The molecule has 0 atom stereocenters. The third kappa shape index (κ3) is 5.46. The lowest BCUT2D eigenvalue weighted by atomic mass is 10.3. The molecule has 98 valence electrons. The maximum Gasteiger partial charge on any atom is 0.232 e. The van der Waals surface area contributed by atoms with E-state index in [1.807, 2.05) is 60.7 Å². The lowest BCUT2D eigenvalue weighted by Crippen LogP contribution is -2.25. The second-order valence-electron chi connectivity index (χ2n) is 3.46. The van der Waals surface area contributed by atoms with Crippen LogP contribution in [0, 0.1) is 0 Å². The molecule has 0 saturated carbocycles. The number of hydrogen-bond donors (Lipinski definition) is 2. The van der Waals surface area contributed by atoms with Gasteiger partial charge in [0.25, 0.3) is 0 Å². The SMILES string of the molecule is Cl.S=C(N=Nc1ccccc1)NNc1ccccc1. The van der Waals surface area contributed by atoms with Crippen LogP contribution in [-0.4, -0.2) is 5.11 Å². The molecular formula is C13H13ClN4S. The molecule has 2 rings (SSSR count).